The summed E-state index contributed by atoms with van der Waals surface area (Å²) in [4.78, 5) is 46.8. The molecule has 0 bridgehead atoms. The minimum absolute atomic E-state index is 0.0379. The highest BCUT2D eigenvalue weighted by Crippen LogP contribution is 2.32. The zero-order valence-electron chi connectivity index (χ0n) is 17.8. The number of H-pyrrole nitrogens is 2. The molecule has 1 aliphatic heterocycles. The molecule has 3 N–H and O–H groups in total. The van der Waals surface area contributed by atoms with Gasteiger partial charge in [-0.2, -0.15) is 5.10 Å². The smallest absolute Gasteiger partial charge is 0.330 e. The molecule has 0 radical (unpaired) electrons. The third-order valence-electron chi connectivity index (χ3n) is 5.91. The molecule has 0 aliphatic carbocycles. The van der Waals surface area contributed by atoms with Crippen LogP contribution in [0.4, 0.5) is 4.39 Å². The molecule has 4 heterocycles. The number of hydrogen-bond acceptors (Lipinski definition) is 5. The van der Waals surface area contributed by atoms with Crippen LogP contribution in [0.2, 0.25) is 0 Å². The number of rotatable bonds is 6. The van der Waals surface area contributed by atoms with E-state index in [2.05, 4.69) is 25.4 Å². The monoisotopic (exact) mass is 451 g/mol. The minimum Gasteiger partial charge on any atom is -0.356 e. The van der Waals surface area contributed by atoms with Gasteiger partial charge in [0.15, 0.2) is 5.65 Å². The molecule has 1 amide bonds. The van der Waals surface area contributed by atoms with Crippen molar-refractivity contribution < 1.29 is 9.18 Å². The van der Waals surface area contributed by atoms with Gasteiger partial charge in [-0.05, 0) is 24.1 Å². The van der Waals surface area contributed by atoms with Crippen molar-refractivity contribution in [2.24, 2.45) is 5.92 Å². The fourth-order valence-electron chi connectivity index (χ4n) is 4.34. The van der Waals surface area contributed by atoms with Crippen molar-refractivity contribution in [3.05, 3.63) is 68.9 Å². The lowest BCUT2D eigenvalue weighted by Crippen LogP contribution is -2.34. The lowest BCUT2D eigenvalue weighted by atomic mass is 9.92. The Morgan fingerprint density at radius 1 is 1.18 bits per heavy atom. The first-order valence-electron chi connectivity index (χ1n) is 10.7. The largest absolute Gasteiger partial charge is 0.356 e. The number of aromatic nitrogens is 6. The van der Waals surface area contributed by atoms with Gasteiger partial charge in [0.05, 0.1) is 17.8 Å². The molecule has 1 saturated heterocycles. The van der Waals surface area contributed by atoms with E-state index in [0.717, 1.165) is 10.1 Å². The number of amides is 1. The summed E-state index contributed by atoms with van der Waals surface area (Å²) in [5, 5.41) is 7.33. The Bertz CT molecular complexity index is 1450. The van der Waals surface area contributed by atoms with Crippen molar-refractivity contribution in [2.45, 2.75) is 32.4 Å². The first kappa shape index (κ1) is 20.9. The summed E-state index contributed by atoms with van der Waals surface area (Å²) in [6.45, 7) is 2.68. The number of hydrogen-bond donors (Lipinski definition) is 3. The number of nitrogens with one attached hydrogen (secondary N) is 3. The van der Waals surface area contributed by atoms with E-state index in [4.69, 9.17) is 0 Å². The Morgan fingerprint density at radius 3 is 2.67 bits per heavy atom. The lowest BCUT2D eigenvalue weighted by molar-refractivity contribution is -0.119. The highest BCUT2D eigenvalue weighted by Gasteiger charge is 2.32. The van der Waals surface area contributed by atoms with Crippen molar-refractivity contribution in [2.75, 3.05) is 6.54 Å². The molecular formula is C22H22FN7O3. The van der Waals surface area contributed by atoms with Crippen molar-refractivity contribution in [3.63, 3.8) is 0 Å². The quantitative estimate of drug-likeness (QED) is 0.409. The fraction of sp³-hybridized carbons (Fsp3) is 0.318. The summed E-state index contributed by atoms with van der Waals surface area (Å²) in [6.07, 6.45) is 4.34. The first-order valence-corrected chi connectivity index (χ1v) is 10.7. The molecule has 1 aromatic carbocycles. The Balaban J connectivity index is 1.55. The van der Waals surface area contributed by atoms with Gasteiger partial charge in [0.1, 0.15) is 17.2 Å². The van der Waals surface area contributed by atoms with Crippen LogP contribution < -0.4 is 16.6 Å². The van der Waals surface area contributed by atoms with E-state index in [-0.39, 0.29) is 34.8 Å². The SMILES string of the molecule is CCCn1c(=O)[nH]c2nc(-c3cnn(C(c4ccc(F)cc4)C4CNC(=O)C4)c3)[nH]c2c1=O. The maximum atomic E-state index is 13.5. The zero-order valence-corrected chi connectivity index (χ0v) is 17.8. The number of carbonyl (C=O) groups is 1. The first-order chi connectivity index (χ1) is 15.9. The van der Waals surface area contributed by atoms with Crippen LogP contribution in [0.5, 0.6) is 0 Å². The number of nitrogens with zero attached hydrogens (tertiary/aromatic N) is 4. The summed E-state index contributed by atoms with van der Waals surface area (Å²) in [6, 6.07) is 5.84. The van der Waals surface area contributed by atoms with Crippen LogP contribution in [-0.4, -0.2) is 41.8 Å². The normalized spacial score (nSPS) is 16.9. The molecule has 11 heteroatoms. The van der Waals surface area contributed by atoms with E-state index in [1.165, 1.54) is 12.1 Å². The Kier molecular flexibility index (Phi) is 5.15. The van der Waals surface area contributed by atoms with Crippen molar-refractivity contribution in [1.82, 2.24) is 34.6 Å². The maximum Gasteiger partial charge on any atom is 0.330 e. The summed E-state index contributed by atoms with van der Waals surface area (Å²) >= 11 is 0. The van der Waals surface area contributed by atoms with E-state index >= 15 is 0 Å². The number of halogens is 1. The highest BCUT2D eigenvalue weighted by molar-refractivity contribution is 5.78. The van der Waals surface area contributed by atoms with Crippen molar-refractivity contribution >= 4 is 17.1 Å². The summed E-state index contributed by atoms with van der Waals surface area (Å²) < 4.78 is 16.4. The number of imidazole rings is 1. The van der Waals surface area contributed by atoms with Crippen LogP contribution in [0, 0.1) is 11.7 Å². The summed E-state index contributed by atoms with van der Waals surface area (Å²) in [5.41, 5.74) is 0.897. The molecule has 4 aromatic rings. The van der Waals surface area contributed by atoms with Crippen LogP contribution >= 0.6 is 0 Å². The molecule has 170 valence electrons. The number of carbonyl (C=O) groups excluding carboxylic acids is 1. The molecule has 5 rings (SSSR count). The minimum atomic E-state index is -0.502. The Labute approximate surface area is 186 Å². The second-order valence-corrected chi connectivity index (χ2v) is 8.17. The number of aromatic amines is 2. The average Bonchev–Trinajstić information content (AvgIpc) is 3.53. The summed E-state index contributed by atoms with van der Waals surface area (Å²) in [5.74, 6) is -0.0610. The van der Waals surface area contributed by atoms with Crippen LogP contribution in [0.1, 0.15) is 31.4 Å². The van der Waals surface area contributed by atoms with E-state index in [0.29, 0.717) is 37.3 Å². The second-order valence-electron chi connectivity index (χ2n) is 8.17. The molecule has 1 aliphatic rings. The Morgan fingerprint density at radius 2 is 1.97 bits per heavy atom. The molecule has 1 fully saturated rings. The zero-order chi connectivity index (χ0) is 23.1. The van der Waals surface area contributed by atoms with E-state index in [9.17, 15) is 18.8 Å². The van der Waals surface area contributed by atoms with E-state index < -0.39 is 11.2 Å². The van der Waals surface area contributed by atoms with Gasteiger partial charge in [-0.1, -0.05) is 19.1 Å². The van der Waals surface area contributed by atoms with Crippen molar-refractivity contribution in [3.8, 4) is 11.4 Å². The number of fused-ring (bicyclic) bond motifs is 1. The van der Waals surface area contributed by atoms with Gasteiger partial charge in [-0.25, -0.2) is 14.2 Å². The summed E-state index contributed by atoms with van der Waals surface area (Å²) in [7, 11) is 0. The molecule has 2 atom stereocenters. The molecule has 0 spiro atoms. The van der Waals surface area contributed by atoms with Gasteiger partial charge in [0.2, 0.25) is 5.91 Å². The fourth-order valence-corrected chi connectivity index (χ4v) is 4.34. The standard InChI is InChI=1S/C22H22FN7O3/c1-2-7-29-21(32)17-20(28-22(29)33)27-19(26-17)14-10-25-30(11-14)18(13-8-16(31)24-9-13)12-3-5-15(23)6-4-12/h3-6,10-11,13,18H,2,7-9H2,1H3,(H,24,31)(H,26,27)(H,28,33). The van der Waals surface area contributed by atoms with E-state index in [1.54, 1.807) is 29.2 Å². The highest BCUT2D eigenvalue weighted by atomic mass is 19.1. The van der Waals surface area contributed by atoms with Crippen LogP contribution in [0.3, 0.4) is 0 Å². The average molecular weight is 451 g/mol. The molecule has 3 aromatic heterocycles. The predicted octanol–water partition coefficient (Wildman–Crippen LogP) is 1.55. The van der Waals surface area contributed by atoms with E-state index in [1.807, 2.05) is 6.92 Å². The molecule has 0 saturated carbocycles. The topological polar surface area (TPSA) is 130 Å². The molecule has 10 nitrogen and oxygen atoms in total. The van der Waals surface area contributed by atoms with Gasteiger partial charge < -0.3 is 10.3 Å². The van der Waals surface area contributed by atoms with Gasteiger partial charge >= 0.3 is 5.69 Å². The van der Waals surface area contributed by atoms with Crippen LogP contribution in [-0.2, 0) is 11.3 Å². The molecule has 33 heavy (non-hydrogen) atoms. The third kappa shape index (κ3) is 3.75. The van der Waals surface area contributed by atoms with Gasteiger partial charge in [-0.3, -0.25) is 23.8 Å². The second kappa shape index (κ2) is 8.15. The lowest BCUT2D eigenvalue weighted by Gasteiger charge is -2.23. The van der Waals surface area contributed by atoms with Crippen LogP contribution in [0.15, 0.2) is 46.2 Å². The van der Waals surface area contributed by atoms with Gasteiger partial charge in [0.25, 0.3) is 5.56 Å². The predicted molar refractivity (Wildman–Crippen MR) is 118 cm³/mol. The molecular weight excluding hydrogens is 429 g/mol. The molecule has 2 unspecified atom stereocenters. The van der Waals surface area contributed by atoms with Crippen molar-refractivity contribution in [1.29, 1.82) is 0 Å². The third-order valence-corrected chi connectivity index (χ3v) is 5.91. The van der Waals surface area contributed by atoms with Crippen LogP contribution in [0.25, 0.3) is 22.6 Å². The van der Waals surface area contributed by atoms with Gasteiger partial charge in [-0.15, -0.1) is 0 Å². The number of benzene rings is 1. The maximum absolute atomic E-state index is 13.5. The Hall–Kier alpha value is -4.02. The van der Waals surface area contributed by atoms with Gasteiger partial charge in [0, 0.05) is 31.6 Å².